The van der Waals surface area contributed by atoms with Crippen LogP contribution in [0.2, 0.25) is 0 Å². The van der Waals surface area contributed by atoms with Crippen molar-refractivity contribution >= 4 is 23.1 Å². The molecule has 2 aromatic rings. The molecule has 7 heteroatoms. The largest absolute Gasteiger partial charge is 0.406 e. The van der Waals surface area contributed by atoms with E-state index in [-0.39, 0.29) is 6.54 Å². The molecule has 0 aliphatic carbocycles. The van der Waals surface area contributed by atoms with Crippen LogP contribution < -0.4 is 5.32 Å². The molecule has 0 fully saturated rings. The lowest BCUT2D eigenvalue weighted by Crippen LogP contribution is -2.40. The van der Waals surface area contributed by atoms with Gasteiger partial charge in [-0.15, -0.1) is 0 Å². The minimum atomic E-state index is -4.44. The van der Waals surface area contributed by atoms with Crippen molar-refractivity contribution in [3.8, 4) is 0 Å². The van der Waals surface area contributed by atoms with Crippen molar-refractivity contribution in [2.24, 2.45) is 0 Å². The molecule has 1 aromatic carbocycles. The molecule has 0 aliphatic rings. The SMILES string of the molecule is Cc1ccc(NC(=O)N(Cc2ccsc2)CC(F)(F)F)cc1. The Kier molecular flexibility index (Phi) is 5.07. The second kappa shape index (κ2) is 6.83. The number of thiophene rings is 1. The van der Waals surface area contributed by atoms with Gasteiger partial charge in [0, 0.05) is 12.2 Å². The first-order valence-electron chi connectivity index (χ1n) is 6.54. The Labute approximate surface area is 130 Å². The van der Waals surface area contributed by atoms with E-state index >= 15 is 0 Å². The number of rotatable bonds is 4. The van der Waals surface area contributed by atoms with E-state index in [1.165, 1.54) is 11.3 Å². The van der Waals surface area contributed by atoms with Crippen LogP contribution in [0.25, 0.3) is 0 Å². The first-order chi connectivity index (χ1) is 10.3. The molecule has 1 N–H and O–H groups in total. The lowest BCUT2D eigenvalue weighted by molar-refractivity contribution is -0.140. The van der Waals surface area contributed by atoms with Crippen LogP contribution in [-0.4, -0.2) is 23.7 Å². The number of carbonyl (C=O) groups excluding carboxylic acids is 1. The minimum Gasteiger partial charge on any atom is -0.311 e. The third-order valence-electron chi connectivity index (χ3n) is 2.91. The molecule has 1 aromatic heterocycles. The number of hydrogen-bond donors (Lipinski definition) is 1. The zero-order chi connectivity index (χ0) is 16.2. The van der Waals surface area contributed by atoms with Gasteiger partial charge in [0.05, 0.1) is 0 Å². The van der Waals surface area contributed by atoms with E-state index in [1.54, 1.807) is 41.1 Å². The molecule has 0 atom stereocenters. The van der Waals surface area contributed by atoms with Crippen LogP contribution in [0.3, 0.4) is 0 Å². The van der Waals surface area contributed by atoms with Crippen molar-refractivity contribution in [3.05, 3.63) is 52.2 Å². The smallest absolute Gasteiger partial charge is 0.311 e. The second-order valence-electron chi connectivity index (χ2n) is 4.90. The van der Waals surface area contributed by atoms with Gasteiger partial charge in [0.2, 0.25) is 0 Å². The van der Waals surface area contributed by atoms with E-state index in [9.17, 15) is 18.0 Å². The van der Waals surface area contributed by atoms with Crippen LogP contribution in [0.4, 0.5) is 23.7 Å². The van der Waals surface area contributed by atoms with Crippen molar-refractivity contribution < 1.29 is 18.0 Å². The highest BCUT2D eigenvalue weighted by atomic mass is 32.1. The Morgan fingerprint density at radius 2 is 1.91 bits per heavy atom. The number of alkyl halides is 3. The first kappa shape index (κ1) is 16.4. The van der Waals surface area contributed by atoms with Gasteiger partial charge in [0.15, 0.2) is 0 Å². The van der Waals surface area contributed by atoms with Crippen LogP contribution in [0.5, 0.6) is 0 Å². The molecule has 0 saturated heterocycles. The molecule has 0 bridgehead atoms. The monoisotopic (exact) mass is 328 g/mol. The van der Waals surface area contributed by atoms with Gasteiger partial charge in [0.1, 0.15) is 6.54 Å². The van der Waals surface area contributed by atoms with Crippen LogP contribution >= 0.6 is 11.3 Å². The summed E-state index contributed by atoms with van der Waals surface area (Å²) in [5.41, 5.74) is 2.14. The topological polar surface area (TPSA) is 32.3 Å². The van der Waals surface area contributed by atoms with E-state index in [1.807, 2.05) is 6.92 Å². The molecule has 2 amide bonds. The summed E-state index contributed by atoms with van der Waals surface area (Å²) in [6.07, 6.45) is -4.44. The molecule has 0 aliphatic heterocycles. The minimum absolute atomic E-state index is 0.0826. The fourth-order valence-electron chi connectivity index (χ4n) is 1.86. The summed E-state index contributed by atoms with van der Waals surface area (Å²) < 4.78 is 38.0. The Morgan fingerprint density at radius 3 is 2.45 bits per heavy atom. The molecule has 22 heavy (non-hydrogen) atoms. The highest BCUT2D eigenvalue weighted by molar-refractivity contribution is 7.07. The average Bonchev–Trinajstić information content (AvgIpc) is 2.92. The van der Waals surface area contributed by atoms with Crippen molar-refractivity contribution in [1.82, 2.24) is 4.90 Å². The zero-order valence-corrected chi connectivity index (χ0v) is 12.7. The molecule has 0 unspecified atom stereocenters. The fourth-order valence-corrected chi connectivity index (χ4v) is 2.52. The Hall–Kier alpha value is -2.02. The van der Waals surface area contributed by atoms with Gasteiger partial charge in [-0.2, -0.15) is 24.5 Å². The van der Waals surface area contributed by atoms with Crippen LogP contribution in [-0.2, 0) is 6.54 Å². The van der Waals surface area contributed by atoms with E-state index in [4.69, 9.17) is 0 Å². The van der Waals surface area contributed by atoms with Crippen LogP contribution in [0.15, 0.2) is 41.1 Å². The molecule has 3 nitrogen and oxygen atoms in total. The summed E-state index contributed by atoms with van der Waals surface area (Å²) in [6, 6.07) is 7.80. The van der Waals surface area contributed by atoms with E-state index in [0.717, 1.165) is 10.5 Å². The predicted molar refractivity (Wildman–Crippen MR) is 81.0 cm³/mol. The Balaban J connectivity index is 2.09. The number of halogens is 3. The van der Waals surface area contributed by atoms with Gasteiger partial charge >= 0.3 is 12.2 Å². The van der Waals surface area contributed by atoms with E-state index in [2.05, 4.69) is 5.32 Å². The molecule has 1 heterocycles. The van der Waals surface area contributed by atoms with Gasteiger partial charge < -0.3 is 10.2 Å². The number of urea groups is 1. The molecule has 2 rings (SSSR count). The van der Waals surface area contributed by atoms with Gasteiger partial charge in [-0.1, -0.05) is 17.7 Å². The summed E-state index contributed by atoms with van der Waals surface area (Å²) in [5, 5.41) is 5.98. The van der Waals surface area contributed by atoms with Crippen molar-refractivity contribution in [1.29, 1.82) is 0 Å². The quantitative estimate of drug-likeness (QED) is 0.870. The maximum absolute atomic E-state index is 12.7. The number of anilines is 1. The van der Waals surface area contributed by atoms with E-state index in [0.29, 0.717) is 11.3 Å². The molecular weight excluding hydrogens is 313 g/mol. The van der Waals surface area contributed by atoms with Gasteiger partial charge in [0.25, 0.3) is 0 Å². The summed E-state index contributed by atoms with van der Waals surface area (Å²) >= 11 is 1.38. The number of nitrogens with one attached hydrogen (secondary N) is 1. The standard InChI is InChI=1S/C15H15F3N2OS/c1-11-2-4-13(5-3-11)19-14(21)20(10-15(16,17)18)8-12-6-7-22-9-12/h2-7,9H,8,10H2,1H3,(H,19,21). The maximum Gasteiger partial charge on any atom is 0.406 e. The lowest BCUT2D eigenvalue weighted by atomic mass is 10.2. The van der Waals surface area contributed by atoms with Crippen molar-refractivity contribution in [2.45, 2.75) is 19.6 Å². The number of amides is 2. The van der Waals surface area contributed by atoms with Gasteiger partial charge in [-0.05, 0) is 41.4 Å². The zero-order valence-electron chi connectivity index (χ0n) is 11.9. The Bertz CT molecular complexity index is 609. The summed E-state index contributed by atoms with van der Waals surface area (Å²) in [7, 11) is 0. The van der Waals surface area contributed by atoms with Crippen molar-refractivity contribution in [2.75, 3.05) is 11.9 Å². The number of benzene rings is 1. The summed E-state index contributed by atoms with van der Waals surface area (Å²) in [5.74, 6) is 0. The van der Waals surface area contributed by atoms with Gasteiger partial charge in [-0.3, -0.25) is 0 Å². The lowest BCUT2D eigenvalue weighted by Gasteiger charge is -2.24. The first-order valence-corrected chi connectivity index (χ1v) is 7.48. The highest BCUT2D eigenvalue weighted by Gasteiger charge is 2.33. The number of carbonyl (C=O) groups is 1. The normalized spacial score (nSPS) is 11.3. The van der Waals surface area contributed by atoms with Crippen LogP contribution in [0, 0.1) is 6.92 Å². The van der Waals surface area contributed by atoms with Crippen LogP contribution in [0.1, 0.15) is 11.1 Å². The predicted octanol–water partition coefficient (Wildman–Crippen LogP) is 4.65. The van der Waals surface area contributed by atoms with Gasteiger partial charge in [-0.25, -0.2) is 4.79 Å². The highest BCUT2D eigenvalue weighted by Crippen LogP contribution is 2.20. The fraction of sp³-hybridized carbons (Fsp3) is 0.267. The second-order valence-corrected chi connectivity index (χ2v) is 5.68. The molecular formula is C15H15F3N2OS. The maximum atomic E-state index is 12.7. The molecule has 0 radical (unpaired) electrons. The molecule has 0 spiro atoms. The number of hydrogen-bond acceptors (Lipinski definition) is 2. The summed E-state index contributed by atoms with van der Waals surface area (Å²) in [6.45, 7) is 0.513. The summed E-state index contributed by atoms with van der Waals surface area (Å²) in [4.78, 5) is 12.9. The average molecular weight is 328 g/mol. The van der Waals surface area contributed by atoms with Crippen molar-refractivity contribution in [3.63, 3.8) is 0 Å². The third kappa shape index (κ3) is 5.07. The third-order valence-corrected chi connectivity index (χ3v) is 3.65. The molecule has 0 saturated carbocycles. The number of aryl methyl sites for hydroxylation is 1. The number of nitrogens with zero attached hydrogens (tertiary/aromatic N) is 1. The molecule has 118 valence electrons. The Morgan fingerprint density at radius 1 is 1.23 bits per heavy atom. The van der Waals surface area contributed by atoms with E-state index < -0.39 is 18.8 Å².